The van der Waals surface area contributed by atoms with Crippen LogP contribution < -0.4 is 0 Å². The number of carbonyl (C=O) groups excluding carboxylic acids is 2. The number of rotatable bonds is 0. The summed E-state index contributed by atoms with van der Waals surface area (Å²) in [6.45, 7) is 4.07. The summed E-state index contributed by atoms with van der Waals surface area (Å²) < 4.78 is 0. The molecule has 2 aliphatic carbocycles. The Morgan fingerprint density at radius 2 is 2.00 bits per heavy atom. The monoisotopic (exact) mass is 194 g/mol. The van der Waals surface area contributed by atoms with Crippen molar-refractivity contribution in [3.63, 3.8) is 0 Å². The van der Waals surface area contributed by atoms with Crippen molar-refractivity contribution in [2.75, 3.05) is 0 Å². The molecular formula is C12H18O2. The zero-order valence-corrected chi connectivity index (χ0v) is 9.01. The van der Waals surface area contributed by atoms with Crippen molar-refractivity contribution in [2.45, 2.75) is 46.0 Å². The third kappa shape index (κ3) is 1.23. The Balaban J connectivity index is 2.30. The normalized spacial score (nSPS) is 43.6. The van der Waals surface area contributed by atoms with Crippen molar-refractivity contribution in [2.24, 2.45) is 17.3 Å². The topological polar surface area (TPSA) is 34.1 Å². The summed E-state index contributed by atoms with van der Waals surface area (Å²) in [6.07, 6.45) is 4.18. The third-order valence-corrected chi connectivity index (χ3v) is 4.38. The van der Waals surface area contributed by atoms with Crippen LogP contribution in [-0.4, -0.2) is 11.6 Å². The average molecular weight is 194 g/mol. The van der Waals surface area contributed by atoms with E-state index < -0.39 is 0 Å². The molecule has 0 N–H and O–H groups in total. The fourth-order valence-electron chi connectivity index (χ4n) is 3.25. The van der Waals surface area contributed by atoms with Gasteiger partial charge in [0.1, 0.15) is 11.6 Å². The fraction of sp³-hybridized carbons (Fsp3) is 0.833. The van der Waals surface area contributed by atoms with Crippen molar-refractivity contribution in [1.29, 1.82) is 0 Å². The van der Waals surface area contributed by atoms with Gasteiger partial charge >= 0.3 is 0 Å². The summed E-state index contributed by atoms with van der Waals surface area (Å²) in [4.78, 5) is 23.5. The highest BCUT2D eigenvalue weighted by Crippen LogP contribution is 2.49. The molecule has 2 heteroatoms. The SMILES string of the molecule is C[C@@H]1C(=O)CC[C@@]2(C)C(=O)CCC[C@@H]12. The van der Waals surface area contributed by atoms with E-state index in [-0.39, 0.29) is 11.3 Å². The summed E-state index contributed by atoms with van der Waals surface area (Å²) in [5.41, 5.74) is -0.175. The highest BCUT2D eigenvalue weighted by Gasteiger charge is 2.49. The predicted octanol–water partition coefficient (Wildman–Crippen LogP) is 2.36. The minimum Gasteiger partial charge on any atom is -0.299 e. The van der Waals surface area contributed by atoms with E-state index in [4.69, 9.17) is 0 Å². The highest BCUT2D eigenvalue weighted by molar-refractivity contribution is 5.90. The molecule has 2 nitrogen and oxygen atoms in total. The molecule has 0 aliphatic heterocycles. The van der Waals surface area contributed by atoms with Crippen LogP contribution in [-0.2, 0) is 9.59 Å². The molecule has 2 rings (SSSR count). The van der Waals surface area contributed by atoms with E-state index in [1.54, 1.807) is 0 Å². The molecule has 2 fully saturated rings. The maximum absolute atomic E-state index is 11.9. The molecular weight excluding hydrogens is 176 g/mol. The van der Waals surface area contributed by atoms with Gasteiger partial charge in [-0.05, 0) is 25.2 Å². The van der Waals surface area contributed by atoms with Gasteiger partial charge < -0.3 is 0 Å². The summed E-state index contributed by atoms with van der Waals surface area (Å²) in [5, 5.41) is 0. The average Bonchev–Trinajstić information content (AvgIpc) is 2.16. The van der Waals surface area contributed by atoms with Crippen molar-refractivity contribution < 1.29 is 9.59 Å². The standard InChI is InChI=1S/C12H18O2/c1-8-9-4-3-5-11(14)12(9,2)7-6-10(8)13/h8-9H,3-7H2,1-2H3/t8-,9-,12+/m0/s1. The Bertz CT molecular complexity index is 282. The molecule has 0 spiro atoms. The zero-order chi connectivity index (χ0) is 10.3. The molecule has 0 heterocycles. The van der Waals surface area contributed by atoms with E-state index in [2.05, 4.69) is 6.92 Å². The van der Waals surface area contributed by atoms with E-state index in [0.29, 0.717) is 23.9 Å². The minimum atomic E-state index is -0.175. The Labute approximate surface area is 85.1 Å². The van der Waals surface area contributed by atoms with Gasteiger partial charge in [-0.1, -0.05) is 13.8 Å². The predicted molar refractivity (Wildman–Crippen MR) is 53.9 cm³/mol. The van der Waals surface area contributed by atoms with Crippen LogP contribution in [0.2, 0.25) is 0 Å². The number of fused-ring (bicyclic) bond motifs is 1. The summed E-state index contributed by atoms with van der Waals surface area (Å²) >= 11 is 0. The van der Waals surface area contributed by atoms with Crippen molar-refractivity contribution in [3.8, 4) is 0 Å². The molecule has 0 bridgehead atoms. The lowest BCUT2D eigenvalue weighted by molar-refractivity contribution is -0.145. The zero-order valence-electron chi connectivity index (χ0n) is 9.01. The molecule has 3 atom stereocenters. The van der Waals surface area contributed by atoms with Crippen LogP contribution in [0.5, 0.6) is 0 Å². The maximum Gasteiger partial charge on any atom is 0.139 e. The number of hydrogen-bond acceptors (Lipinski definition) is 2. The lowest BCUT2D eigenvalue weighted by Gasteiger charge is -2.46. The van der Waals surface area contributed by atoms with Gasteiger partial charge in [-0.15, -0.1) is 0 Å². The Morgan fingerprint density at radius 3 is 2.71 bits per heavy atom. The molecule has 78 valence electrons. The van der Waals surface area contributed by atoms with Gasteiger partial charge in [0, 0.05) is 24.2 Å². The maximum atomic E-state index is 11.9. The molecule has 0 aromatic rings. The van der Waals surface area contributed by atoms with Gasteiger partial charge in [-0.2, -0.15) is 0 Å². The molecule has 2 aliphatic rings. The van der Waals surface area contributed by atoms with Gasteiger partial charge in [-0.3, -0.25) is 9.59 Å². The smallest absolute Gasteiger partial charge is 0.139 e. The van der Waals surface area contributed by atoms with Crippen molar-refractivity contribution >= 4 is 11.6 Å². The first-order chi connectivity index (χ1) is 6.55. The molecule has 0 amide bonds. The number of hydrogen-bond donors (Lipinski definition) is 0. The van der Waals surface area contributed by atoms with Crippen molar-refractivity contribution in [1.82, 2.24) is 0 Å². The Kier molecular flexibility index (Phi) is 2.24. The first kappa shape index (κ1) is 9.88. The molecule has 0 aromatic carbocycles. The number of Topliss-reactive ketones (excluding diaryl/α,β-unsaturated/α-hetero) is 2. The second-order valence-corrected chi connectivity index (χ2v) is 5.09. The van der Waals surface area contributed by atoms with E-state index in [0.717, 1.165) is 25.7 Å². The molecule has 0 radical (unpaired) electrons. The van der Waals surface area contributed by atoms with Gasteiger partial charge in [0.2, 0.25) is 0 Å². The summed E-state index contributed by atoms with van der Waals surface area (Å²) in [7, 11) is 0. The second kappa shape index (κ2) is 3.18. The number of ketones is 2. The van der Waals surface area contributed by atoms with Crippen molar-refractivity contribution in [3.05, 3.63) is 0 Å². The van der Waals surface area contributed by atoms with E-state index >= 15 is 0 Å². The van der Waals surface area contributed by atoms with Crippen LogP contribution >= 0.6 is 0 Å². The second-order valence-electron chi connectivity index (χ2n) is 5.09. The molecule has 0 unspecified atom stereocenters. The van der Waals surface area contributed by atoms with Crippen LogP contribution in [0.4, 0.5) is 0 Å². The Hall–Kier alpha value is -0.660. The largest absolute Gasteiger partial charge is 0.299 e. The molecule has 0 aromatic heterocycles. The van der Waals surface area contributed by atoms with Crippen LogP contribution in [0.15, 0.2) is 0 Å². The third-order valence-electron chi connectivity index (χ3n) is 4.38. The van der Waals surface area contributed by atoms with E-state index in [1.807, 2.05) is 6.92 Å². The van der Waals surface area contributed by atoms with E-state index in [9.17, 15) is 9.59 Å². The van der Waals surface area contributed by atoms with Gasteiger partial charge in [0.25, 0.3) is 0 Å². The van der Waals surface area contributed by atoms with E-state index in [1.165, 1.54) is 0 Å². The minimum absolute atomic E-state index is 0.109. The first-order valence-electron chi connectivity index (χ1n) is 5.62. The van der Waals surface area contributed by atoms with Crippen LogP contribution in [0.1, 0.15) is 46.0 Å². The van der Waals surface area contributed by atoms with Crippen LogP contribution in [0, 0.1) is 17.3 Å². The van der Waals surface area contributed by atoms with Gasteiger partial charge in [-0.25, -0.2) is 0 Å². The Morgan fingerprint density at radius 1 is 1.29 bits per heavy atom. The number of carbonyl (C=O) groups is 2. The van der Waals surface area contributed by atoms with Crippen LogP contribution in [0.25, 0.3) is 0 Å². The fourth-order valence-corrected chi connectivity index (χ4v) is 3.25. The first-order valence-corrected chi connectivity index (χ1v) is 5.62. The van der Waals surface area contributed by atoms with Gasteiger partial charge in [0.15, 0.2) is 0 Å². The quantitative estimate of drug-likeness (QED) is 0.593. The lowest BCUT2D eigenvalue weighted by atomic mass is 9.56. The summed E-state index contributed by atoms with van der Waals surface area (Å²) in [6, 6.07) is 0. The van der Waals surface area contributed by atoms with Gasteiger partial charge in [0.05, 0.1) is 0 Å². The molecule has 14 heavy (non-hydrogen) atoms. The van der Waals surface area contributed by atoms with Crippen LogP contribution in [0.3, 0.4) is 0 Å². The molecule has 0 saturated heterocycles. The highest BCUT2D eigenvalue weighted by atomic mass is 16.1. The molecule has 2 saturated carbocycles. The lowest BCUT2D eigenvalue weighted by Crippen LogP contribution is -2.48. The summed E-state index contributed by atoms with van der Waals surface area (Å²) in [5.74, 6) is 1.19.